The third-order valence-electron chi connectivity index (χ3n) is 4.12. The molecule has 0 radical (unpaired) electrons. The van der Waals surface area contributed by atoms with Crippen molar-refractivity contribution in [3.8, 4) is 0 Å². The average molecular weight is 375 g/mol. The maximum Gasteiger partial charge on any atom is 0.233 e. The van der Waals surface area contributed by atoms with Gasteiger partial charge < -0.3 is 9.80 Å². The summed E-state index contributed by atoms with van der Waals surface area (Å²) in [4.78, 5) is 26.7. The smallest absolute Gasteiger partial charge is 0.233 e. The third-order valence-corrected chi connectivity index (χ3v) is 6.38. The van der Waals surface area contributed by atoms with Crippen LogP contribution in [0, 0.1) is 6.92 Å². The highest BCUT2D eigenvalue weighted by Gasteiger charge is 2.20. The van der Waals surface area contributed by atoms with Gasteiger partial charge in [-0.2, -0.15) is 0 Å². The highest BCUT2D eigenvalue weighted by atomic mass is 32.2. The molecule has 0 N–H and O–H groups in total. The second-order valence-electron chi connectivity index (χ2n) is 6.01. The van der Waals surface area contributed by atoms with Crippen molar-refractivity contribution < 1.29 is 4.79 Å². The Morgan fingerprint density at radius 3 is 2.48 bits per heavy atom. The van der Waals surface area contributed by atoms with E-state index in [1.807, 2.05) is 17.0 Å². The second kappa shape index (κ2) is 8.69. The first-order valence-corrected chi connectivity index (χ1v) is 10.1. The fourth-order valence-electron chi connectivity index (χ4n) is 2.53. The number of likely N-dealkylation sites (N-methyl/N-ethyl adjacent to an activating group) is 1. The van der Waals surface area contributed by atoms with Crippen LogP contribution >= 0.6 is 23.5 Å². The summed E-state index contributed by atoms with van der Waals surface area (Å²) in [5.74, 6) is 0.583. The molecule has 1 aromatic carbocycles. The molecule has 0 aliphatic carbocycles. The van der Waals surface area contributed by atoms with Gasteiger partial charge in [0.05, 0.1) is 5.75 Å². The molecule has 132 valence electrons. The summed E-state index contributed by atoms with van der Waals surface area (Å²) in [7, 11) is 2.09. The molecular weight excluding hydrogens is 352 g/mol. The number of carbonyl (C=O) groups is 1. The van der Waals surface area contributed by atoms with E-state index < -0.39 is 0 Å². The van der Waals surface area contributed by atoms with E-state index in [-0.39, 0.29) is 5.91 Å². The molecule has 1 amide bonds. The molecule has 0 bridgehead atoms. The van der Waals surface area contributed by atoms with Gasteiger partial charge >= 0.3 is 0 Å². The van der Waals surface area contributed by atoms with Crippen molar-refractivity contribution in [2.45, 2.75) is 21.9 Å². The van der Waals surface area contributed by atoms with Crippen molar-refractivity contribution in [1.82, 2.24) is 19.8 Å². The van der Waals surface area contributed by atoms with Crippen LogP contribution in [0.25, 0.3) is 0 Å². The summed E-state index contributed by atoms with van der Waals surface area (Å²) < 4.78 is 0. The first-order valence-electron chi connectivity index (χ1n) is 8.27. The molecule has 1 aliphatic rings. The maximum absolute atomic E-state index is 12.4. The fraction of sp³-hybridized carbons (Fsp3) is 0.389. The molecule has 25 heavy (non-hydrogen) atoms. The van der Waals surface area contributed by atoms with Crippen LogP contribution in [0.5, 0.6) is 0 Å². The summed E-state index contributed by atoms with van der Waals surface area (Å²) in [5, 5.41) is 1.67. The number of aryl methyl sites for hydroxylation is 1. The monoisotopic (exact) mass is 374 g/mol. The number of benzene rings is 1. The number of hydrogen-bond donors (Lipinski definition) is 0. The number of carbonyl (C=O) groups excluding carboxylic acids is 1. The Hall–Kier alpha value is -1.57. The van der Waals surface area contributed by atoms with Crippen molar-refractivity contribution in [2.75, 3.05) is 39.0 Å². The van der Waals surface area contributed by atoms with Crippen LogP contribution in [-0.2, 0) is 4.79 Å². The molecule has 0 unspecified atom stereocenters. The third kappa shape index (κ3) is 4.96. The fourth-order valence-corrected chi connectivity index (χ4v) is 4.43. The van der Waals surface area contributed by atoms with E-state index in [1.54, 1.807) is 24.2 Å². The molecule has 0 saturated carbocycles. The van der Waals surface area contributed by atoms with Crippen molar-refractivity contribution in [1.29, 1.82) is 0 Å². The summed E-state index contributed by atoms with van der Waals surface area (Å²) >= 11 is 3.08. The van der Waals surface area contributed by atoms with Crippen LogP contribution < -0.4 is 0 Å². The predicted octanol–water partition coefficient (Wildman–Crippen LogP) is 2.80. The molecule has 5 nitrogen and oxygen atoms in total. The van der Waals surface area contributed by atoms with E-state index in [0.717, 1.165) is 41.1 Å². The summed E-state index contributed by atoms with van der Waals surface area (Å²) in [6.45, 7) is 5.58. The van der Waals surface area contributed by atoms with Crippen LogP contribution in [0.3, 0.4) is 0 Å². The van der Waals surface area contributed by atoms with Gasteiger partial charge in [-0.25, -0.2) is 9.97 Å². The predicted molar refractivity (Wildman–Crippen MR) is 102 cm³/mol. The van der Waals surface area contributed by atoms with Crippen molar-refractivity contribution >= 4 is 29.4 Å². The van der Waals surface area contributed by atoms with Gasteiger partial charge in [0.1, 0.15) is 10.1 Å². The lowest BCUT2D eigenvalue weighted by Gasteiger charge is -2.32. The summed E-state index contributed by atoms with van der Waals surface area (Å²) in [6, 6.07) is 8.22. The number of hydrogen-bond acceptors (Lipinski definition) is 6. The van der Waals surface area contributed by atoms with E-state index in [4.69, 9.17) is 0 Å². The van der Waals surface area contributed by atoms with Gasteiger partial charge in [0, 0.05) is 43.5 Å². The molecular formula is C18H22N4OS2. The quantitative estimate of drug-likeness (QED) is 0.750. The van der Waals surface area contributed by atoms with Gasteiger partial charge in [0.2, 0.25) is 5.91 Å². The minimum absolute atomic E-state index is 0.176. The van der Waals surface area contributed by atoms with Crippen molar-refractivity contribution in [3.05, 3.63) is 42.2 Å². The van der Waals surface area contributed by atoms with Crippen LogP contribution in [0.2, 0.25) is 0 Å². The zero-order valence-corrected chi connectivity index (χ0v) is 16.1. The molecule has 0 atom stereocenters. The Bertz CT molecular complexity index is 733. The molecule has 1 saturated heterocycles. The molecule has 3 rings (SSSR count). The van der Waals surface area contributed by atoms with Crippen molar-refractivity contribution in [3.63, 3.8) is 0 Å². The van der Waals surface area contributed by atoms with Gasteiger partial charge in [0.25, 0.3) is 0 Å². The zero-order chi connectivity index (χ0) is 17.6. The number of thioether (sulfide) groups is 1. The number of nitrogens with zero attached hydrogens (tertiary/aromatic N) is 4. The van der Waals surface area contributed by atoms with E-state index in [0.29, 0.717) is 5.75 Å². The van der Waals surface area contributed by atoms with Crippen LogP contribution in [0.1, 0.15) is 5.56 Å². The molecule has 1 aliphatic heterocycles. The first-order chi connectivity index (χ1) is 12.1. The standard InChI is InChI=1S/C18H22N4OS2/c1-14-5-3-4-6-15(14)25-18-17(19-7-8-20-18)24-13-16(23)22-11-9-21(2)10-12-22/h3-8H,9-13H2,1-2H3. The number of aromatic nitrogens is 2. The van der Waals surface area contributed by atoms with E-state index in [2.05, 4.69) is 41.0 Å². The minimum Gasteiger partial charge on any atom is -0.339 e. The summed E-state index contributed by atoms with van der Waals surface area (Å²) in [5.41, 5.74) is 1.21. The van der Waals surface area contributed by atoms with Gasteiger partial charge in [0.15, 0.2) is 0 Å². The molecule has 1 fully saturated rings. The van der Waals surface area contributed by atoms with E-state index in [9.17, 15) is 4.79 Å². The molecule has 2 aromatic rings. The lowest BCUT2D eigenvalue weighted by molar-refractivity contribution is -0.129. The van der Waals surface area contributed by atoms with Crippen LogP contribution in [0.4, 0.5) is 0 Å². The van der Waals surface area contributed by atoms with Crippen molar-refractivity contribution in [2.24, 2.45) is 0 Å². The zero-order valence-electron chi connectivity index (χ0n) is 14.5. The first kappa shape index (κ1) is 18.2. The normalized spacial score (nSPS) is 15.4. The Morgan fingerprint density at radius 1 is 1.08 bits per heavy atom. The van der Waals surface area contributed by atoms with E-state index >= 15 is 0 Å². The largest absolute Gasteiger partial charge is 0.339 e. The minimum atomic E-state index is 0.176. The SMILES string of the molecule is Cc1ccccc1Sc1nccnc1SCC(=O)N1CCN(C)CC1. The van der Waals surface area contributed by atoms with Crippen LogP contribution in [0.15, 0.2) is 51.6 Å². The highest BCUT2D eigenvalue weighted by Crippen LogP contribution is 2.34. The number of piperazine rings is 1. The number of amides is 1. The highest BCUT2D eigenvalue weighted by molar-refractivity contribution is 8.02. The van der Waals surface area contributed by atoms with Crippen LogP contribution in [-0.4, -0.2) is 64.7 Å². The van der Waals surface area contributed by atoms with Gasteiger partial charge in [-0.1, -0.05) is 41.7 Å². The summed E-state index contributed by atoms with van der Waals surface area (Å²) in [6.07, 6.45) is 3.39. The topological polar surface area (TPSA) is 49.3 Å². The molecule has 7 heteroatoms. The van der Waals surface area contributed by atoms with Gasteiger partial charge in [-0.15, -0.1) is 0 Å². The lowest BCUT2D eigenvalue weighted by atomic mass is 10.2. The Labute approximate surface area is 157 Å². The molecule has 1 aromatic heterocycles. The number of rotatable bonds is 5. The lowest BCUT2D eigenvalue weighted by Crippen LogP contribution is -2.47. The second-order valence-corrected chi connectivity index (χ2v) is 8.00. The van der Waals surface area contributed by atoms with Gasteiger partial charge in [-0.3, -0.25) is 4.79 Å². The Morgan fingerprint density at radius 2 is 1.76 bits per heavy atom. The average Bonchev–Trinajstić information content (AvgIpc) is 2.63. The Balaban J connectivity index is 1.63. The Kier molecular flexibility index (Phi) is 6.34. The molecule has 0 spiro atoms. The maximum atomic E-state index is 12.4. The van der Waals surface area contributed by atoms with E-state index in [1.165, 1.54) is 17.3 Å². The van der Waals surface area contributed by atoms with Gasteiger partial charge in [-0.05, 0) is 25.6 Å². The molecule has 2 heterocycles.